The number of nitriles is 1. The molecule has 0 radical (unpaired) electrons. The van der Waals surface area contributed by atoms with E-state index in [0.717, 1.165) is 10.8 Å². The van der Waals surface area contributed by atoms with E-state index < -0.39 is 6.04 Å². The molecule has 2 aromatic heterocycles. The molecule has 130 valence electrons. The number of fused-ring (bicyclic) bond motifs is 1. The summed E-state index contributed by atoms with van der Waals surface area (Å²) in [5, 5.41) is 15.8. The molecule has 3 aromatic rings. The number of amides is 2. The highest BCUT2D eigenvalue weighted by Crippen LogP contribution is 2.33. The fourth-order valence-electron chi connectivity index (χ4n) is 3.22. The van der Waals surface area contributed by atoms with Gasteiger partial charge in [0.1, 0.15) is 6.04 Å². The summed E-state index contributed by atoms with van der Waals surface area (Å²) in [5.41, 5.74) is 1.35. The molecule has 1 atom stereocenters. The van der Waals surface area contributed by atoms with Crippen molar-refractivity contribution in [2.24, 2.45) is 0 Å². The van der Waals surface area contributed by atoms with Crippen LogP contribution in [0.25, 0.3) is 10.8 Å². The van der Waals surface area contributed by atoms with Gasteiger partial charge in [-0.25, -0.2) is 4.79 Å². The van der Waals surface area contributed by atoms with Crippen molar-refractivity contribution in [1.82, 2.24) is 14.8 Å². The monoisotopic (exact) mass is 346 g/mol. The maximum absolute atomic E-state index is 13.1. The predicted octanol–water partition coefficient (Wildman–Crippen LogP) is 3.35. The first-order valence-corrected chi connectivity index (χ1v) is 8.47. The van der Waals surface area contributed by atoms with Crippen molar-refractivity contribution in [1.29, 1.82) is 5.26 Å². The fourth-order valence-corrected chi connectivity index (χ4v) is 3.22. The molecular formula is C19H18N6O. The number of hydrogen-bond donors (Lipinski definition) is 0. The zero-order chi connectivity index (χ0) is 18.3. The van der Waals surface area contributed by atoms with E-state index in [4.69, 9.17) is 0 Å². The molecule has 0 bridgehead atoms. The lowest BCUT2D eigenvalue weighted by Crippen LogP contribution is -2.34. The second kappa shape index (κ2) is 6.15. The lowest BCUT2D eigenvalue weighted by atomic mass is 10.1. The smallest absolute Gasteiger partial charge is 0.288 e. The van der Waals surface area contributed by atoms with Gasteiger partial charge in [0, 0.05) is 29.2 Å². The molecule has 1 unspecified atom stereocenters. The van der Waals surface area contributed by atoms with Gasteiger partial charge in [0.15, 0.2) is 0 Å². The van der Waals surface area contributed by atoms with Gasteiger partial charge >= 0.3 is 6.03 Å². The number of carbonyl (C=O) groups excluding carboxylic acids is 1. The van der Waals surface area contributed by atoms with Gasteiger partial charge in [-0.1, -0.05) is 24.3 Å². The number of benzene rings is 1. The SMILES string of the molecule is CC(C)n1cc(N2CC(C#N)N(c3cncc4ccccc34)C2=O)cn1. The Bertz CT molecular complexity index is 1010. The van der Waals surface area contributed by atoms with Gasteiger partial charge in [-0.15, -0.1) is 0 Å². The lowest BCUT2D eigenvalue weighted by Gasteiger charge is -2.20. The first kappa shape index (κ1) is 16.1. The molecule has 7 heteroatoms. The van der Waals surface area contributed by atoms with Crippen LogP contribution in [0.2, 0.25) is 0 Å². The highest BCUT2D eigenvalue weighted by atomic mass is 16.2. The molecule has 26 heavy (non-hydrogen) atoms. The number of aromatic nitrogens is 3. The summed E-state index contributed by atoms with van der Waals surface area (Å²) in [6, 6.07) is 9.34. The molecule has 1 aliphatic rings. The Morgan fingerprint density at radius 3 is 2.77 bits per heavy atom. The Hall–Kier alpha value is -3.40. The van der Waals surface area contributed by atoms with Crippen molar-refractivity contribution < 1.29 is 4.79 Å². The van der Waals surface area contributed by atoms with Crippen molar-refractivity contribution >= 4 is 28.2 Å². The molecule has 3 heterocycles. The van der Waals surface area contributed by atoms with Crippen LogP contribution in [0, 0.1) is 11.3 Å². The number of rotatable bonds is 3. The summed E-state index contributed by atoms with van der Waals surface area (Å²) in [5.74, 6) is 0. The van der Waals surface area contributed by atoms with Gasteiger partial charge < -0.3 is 0 Å². The molecule has 0 saturated carbocycles. The van der Waals surface area contributed by atoms with E-state index in [9.17, 15) is 10.1 Å². The summed E-state index contributed by atoms with van der Waals surface area (Å²) in [4.78, 5) is 20.5. The van der Waals surface area contributed by atoms with Gasteiger partial charge in [0.05, 0.1) is 36.4 Å². The molecule has 1 aromatic carbocycles. The van der Waals surface area contributed by atoms with Gasteiger partial charge in [-0.3, -0.25) is 19.5 Å². The van der Waals surface area contributed by atoms with Crippen LogP contribution in [0.15, 0.2) is 49.1 Å². The van der Waals surface area contributed by atoms with E-state index in [-0.39, 0.29) is 12.1 Å². The molecule has 0 spiro atoms. The van der Waals surface area contributed by atoms with E-state index in [1.165, 1.54) is 4.90 Å². The minimum atomic E-state index is -0.586. The standard InChI is InChI=1S/C19H18N6O/c1-13(2)24-12-16(9-22-24)23-11-15(7-20)25(19(23)26)18-10-21-8-14-5-3-4-6-17(14)18/h3-6,8-10,12-13,15H,11H2,1-2H3. The van der Waals surface area contributed by atoms with Crippen LogP contribution < -0.4 is 9.80 Å². The third-order valence-corrected chi connectivity index (χ3v) is 4.59. The third-order valence-electron chi connectivity index (χ3n) is 4.59. The number of pyridine rings is 1. The van der Waals surface area contributed by atoms with Crippen molar-refractivity contribution in [3.8, 4) is 6.07 Å². The van der Waals surface area contributed by atoms with Crippen molar-refractivity contribution in [3.05, 3.63) is 49.1 Å². The van der Waals surface area contributed by atoms with Gasteiger partial charge in [-0.2, -0.15) is 10.4 Å². The fraction of sp³-hybridized carbons (Fsp3) is 0.263. The van der Waals surface area contributed by atoms with Crippen LogP contribution in [-0.2, 0) is 0 Å². The lowest BCUT2D eigenvalue weighted by molar-refractivity contribution is 0.255. The normalized spacial score (nSPS) is 17.3. The number of urea groups is 1. The largest absolute Gasteiger partial charge is 0.330 e. The van der Waals surface area contributed by atoms with Crippen LogP contribution >= 0.6 is 0 Å². The van der Waals surface area contributed by atoms with E-state index in [2.05, 4.69) is 16.2 Å². The maximum atomic E-state index is 13.1. The maximum Gasteiger partial charge on any atom is 0.330 e. The molecule has 1 saturated heterocycles. The Morgan fingerprint density at radius 2 is 2.04 bits per heavy atom. The molecule has 0 N–H and O–H groups in total. The highest BCUT2D eigenvalue weighted by Gasteiger charge is 2.40. The van der Waals surface area contributed by atoms with Gasteiger partial charge in [-0.05, 0) is 13.8 Å². The van der Waals surface area contributed by atoms with E-state index in [0.29, 0.717) is 17.9 Å². The average Bonchev–Trinajstić information content (AvgIpc) is 3.26. The van der Waals surface area contributed by atoms with Crippen LogP contribution in [0.5, 0.6) is 0 Å². The summed E-state index contributed by atoms with van der Waals surface area (Å²) in [7, 11) is 0. The Morgan fingerprint density at radius 1 is 1.23 bits per heavy atom. The summed E-state index contributed by atoms with van der Waals surface area (Å²) in [6.07, 6.45) is 6.90. The molecule has 1 aliphatic heterocycles. The van der Waals surface area contributed by atoms with E-state index >= 15 is 0 Å². The van der Waals surface area contributed by atoms with Gasteiger partial charge in [0.25, 0.3) is 0 Å². The Kier molecular flexibility index (Phi) is 3.81. The number of nitrogens with zero attached hydrogens (tertiary/aromatic N) is 6. The van der Waals surface area contributed by atoms with Crippen molar-refractivity contribution in [2.45, 2.75) is 25.9 Å². The van der Waals surface area contributed by atoms with Crippen molar-refractivity contribution in [3.63, 3.8) is 0 Å². The molecule has 4 rings (SSSR count). The molecule has 1 fully saturated rings. The molecule has 0 aliphatic carbocycles. The predicted molar refractivity (Wildman–Crippen MR) is 99.0 cm³/mol. The first-order chi connectivity index (χ1) is 12.6. The second-order valence-electron chi connectivity index (χ2n) is 6.56. The van der Waals surface area contributed by atoms with E-state index in [1.54, 1.807) is 28.2 Å². The van der Waals surface area contributed by atoms with Crippen molar-refractivity contribution in [2.75, 3.05) is 16.3 Å². The quantitative estimate of drug-likeness (QED) is 0.728. The molecular weight excluding hydrogens is 328 g/mol. The Labute approximate surface area is 151 Å². The third kappa shape index (κ3) is 2.47. The van der Waals surface area contributed by atoms with E-state index in [1.807, 2.05) is 44.3 Å². The van der Waals surface area contributed by atoms with Crippen LogP contribution in [-0.4, -0.2) is 33.4 Å². The minimum Gasteiger partial charge on any atom is -0.288 e. The number of anilines is 2. The number of carbonyl (C=O) groups is 1. The zero-order valence-electron chi connectivity index (χ0n) is 14.6. The highest BCUT2D eigenvalue weighted by molar-refractivity contribution is 6.11. The molecule has 7 nitrogen and oxygen atoms in total. The first-order valence-electron chi connectivity index (χ1n) is 8.47. The Balaban J connectivity index is 1.76. The van der Waals surface area contributed by atoms with Crippen LogP contribution in [0.3, 0.4) is 0 Å². The summed E-state index contributed by atoms with van der Waals surface area (Å²) >= 11 is 0. The zero-order valence-corrected chi connectivity index (χ0v) is 14.6. The topological polar surface area (TPSA) is 78.0 Å². The molecule has 2 amide bonds. The van der Waals surface area contributed by atoms with Gasteiger partial charge in [0.2, 0.25) is 0 Å². The average molecular weight is 346 g/mol. The van der Waals surface area contributed by atoms with Crippen LogP contribution in [0.4, 0.5) is 16.2 Å². The number of hydrogen-bond acceptors (Lipinski definition) is 4. The second-order valence-corrected chi connectivity index (χ2v) is 6.56. The summed E-state index contributed by atoms with van der Waals surface area (Å²) < 4.78 is 1.80. The van der Waals surface area contributed by atoms with Crippen LogP contribution in [0.1, 0.15) is 19.9 Å². The summed E-state index contributed by atoms with van der Waals surface area (Å²) in [6.45, 7) is 4.34. The minimum absolute atomic E-state index is 0.201.